The van der Waals surface area contributed by atoms with Crippen molar-refractivity contribution in [3.8, 4) is 12.3 Å². The zero-order valence-corrected chi connectivity index (χ0v) is 5.97. The third-order valence-corrected chi connectivity index (χ3v) is 1.24. The minimum Gasteiger partial charge on any atom is -0.374 e. The molecule has 0 fully saturated rings. The maximum absolute atomic E-state index is 12.3. The van der Waals surface area contributed by atoms with Crippen LogP contribution < -0.4 is 5.32 Å². The van der Waals surface area contributed by atoms with Gasteiger partial charge < -0.3 is 5.32 Å². The van der Waals surface area contributed by atoms with Crippen molar-refractivity contribution >= 4 is 5.69 Å². The largest absolute Gasteiger partial charge is 0.374 e. The van der Waals surface area contributed by atoms with Gasteiger partial charge in [-0.15, -0.1) is 6.42 Å². The summed E-state index contributed by atoms with van der Waals surface area (Å²) >= 11 is 0. The quantitative estimate of drug-likeness (QED) is 0.633. The second-order valence-electron chi connectivity index (χ2n) is 2.06. The lowest BCUT2D eigenvalue weighted by Gasteiger charge is -1.99. The first kappa shape index (κ1) is 7.62. The standard InChI is InChI=1S/C9H8FN/c1-2-7-11-9-5-3-8(10)4-6-9/h1,3-6,11H,7H2. The van der Waals surface area contributed by atoms with Crippen molar-refractivity contribution in [2.75, 3.05) is 11.9 Å². The van der Waals surface area contributed by atoms with E-state index < -0.39 is 0 Å². The minimum absolute atomic E-state index is 0.240. The second-order valence-corrected chi connectivity index (χ2v) is 2.06. The van der Waals surface area contributed by atoms with Crippen LogP contribution in [0, 0.1) is 18.2 Å². The normalized spacial score (nSPS) is 8.73. The van der Waals surface area contributed by atoms with Crippen LogP contribution in [0.3, 0.4) is 0 Å². The smallest absolute Gasteiger partial charge is 0.123 e. The molecule has 0 bridgehead atoms. The van der Waals surface area contributed by atoms with E-state index >= 15 is 0 Å². The number of nitrogens with one attached hydrogen (secondary N) is 1. The molecule has 1 N–H and O–H groups in total. The Labute approximate surface area is 65.2 Å². The third-order valence-electron chi connectivity index (χ3n) is 1.24. The van der Waals surface area contributed by atoms with Crippen molar-refractivity contribution in [2.24, 2.45) is 0 Å². The summed E-state index contributed by atoms with van der Waals surface area (Å²) in [6.07, 6.45) is 5.02. The van der Waals surface area contributed by atoms with E-state index in [0.29, 0.717) is 6.54 Å². The van der Waals surface area contributed by atoms with Crippen molar-refractivity contribution in [3.63, 3.8) is 0 Å². The highest BCUT2D eigenvalue weighted by Gasteiger charge is 1.89. The molecule has 1 rings (SSSR count). The van der Waals surface area contributed by atoms with Gasteiger partial charge in [0.2, 0.25) is 0 Å². The van der Waals surface area contributed by atoms with Gasteiger partial charge in [-0.05, 0) is 24.3 Å². The predicted molar refractivity (Wildman–Crippen MR) is 43.7 cm³/mol. The second kappa shape index (κ2) is 3.62. The topological polar surface area (TPSA) is 12.0 Å². The van der Waals surface area contributed by atoms with Crippen LogP contribution in [0.2, 0.25) is 0 Å². The highest BCUT2D eigenvalue weighted by atomic mass is 19.1. The Morgan fingerprint density at radius 1 is 1.36 bits per heavy atom. The summed E-state index contributed by atoms with van der Waals surface area (Å²) in [6, 6.07) is 6.07. The fraction of sp³-hybridized carbons (Fsp3) is 0.111. The highest BCUT2D eigenvalue weighted by Crippen LogP contribution is 2.06. The minimum atomic E-state index is -0.240. The monoisotopic (exact) mass is 149 g/mol. The summed E-state index contributed by atoms with van der Waals surface area (Å²) < 4.78 is 12.3. The van der Waals surface area contributed by atoms with Crippen LogP contribution >= 0.6 is 0 Å². The fourth-order valence-electron chi connectivity index (χ4n) is 0.721. The molecular formula is C9H8FN. The molecule has 0 aliphatic heterocycles. The van der Waals surface area contributed by atoms with Gasteiger partial charge in [0.05, 0.1) is 6.54 Å². The summed E-state index contributed by atoms with van der Waals surface area (Å²) in [5, 5.41) is 2.92. The van der Waals surface area contributed by atoms with Gasteiger partial charge in [-0.25, -0.2) is 4.39 Å². The highest BCUT2D eigenvalue weighted by molar-refractivity contribution is 5.43. The Hall–Kier alpha value is -1.49. The van der Waals surface area contributed by atoms with Crippen molar-refractivity contribution in [1.82, 2.24) is 0 Å². The Balaban J connectivity index is 2.60. The molecule has 0 aliphatic carbocycles. The van der Waals surface area contributed by atoms with Crippen molar-refractivity contribution in [3.05, 3.63) is 30.1 Å². The molecule has 0 aliphatic rings. The molecule has 0 unspecified atom stereocenters. The number of anilines is 1. The van der Waals surface area contributed by atoms with Gasteiger partial charge in [0, 0.05) is 5.69 Å². The zero-order valence-electron chi connectivity index (χ0n) is 5.97. The SMILES string of the molecule is C#CCNc1ccc(F)cc1. The Morgan fingerprint density at radius 3 is 2.55 bits per heavy atom. The van der Waals surface area contributed by atoms with Crippen LogP contribution in [0.4, 0.5) is 10.1 Å². The van der Waals surface area contributed by atoms with E-state index in [4.69, 9.17) is 6.42 Å². The number of hydrogen-bond acceptors (Lipinski definition) is 1. The summed E-state index contributed by atoms with van der Waals surface area (Å²) in [7, 11) is 0. The van der Waals surface area contributed by atoms with Gasteiger partial charge in [-0.1, -0.05) is 5.92 Å². The van der Waals surface area contributed by atoms with E-state index in [-0.39, 0.29) is 5.82 Å². The molecule has 0 spiro atoms. The van der Waals surface area contributed by atoms with Gasteiger partial charge in [0.25, 0.3) is 0 Å². The first-order valence-corrected chi connectivity index (χ1v) is 3.26. The van der Waals surface area contributed by atoms with Gasteiger partial charge in [-0.3, -0.25) is 0 Å². The van der Waals surface area contributed by atoms with E-state index in [1.54, 1.807) is 12.1 Å². The maximum Gasteiger partial charge on any atom is 0.123 e. The number of benzene rings is 1. The number of terminal acetylenes is 1. The summed E-state index contributed by atoms with van der Waals surface area (Å²) in [6.45, 7) is 0.464. The molecule has 0 heterocycles. The molecule has 0 aromatic heterocycles. The molecule has 2 heteroatoms. The molecule has 56 valence electrons. The first-order chi connectivity index (χ1) is 5.33. The van der Waals surface area contributed by atoms with Gasteiger partial charge in [0.15, 0.2) is 0 Å². The molecule has 1 aromatic rings. The molecule has 0 saturated carbocycles. The summed E-state index contributed by atoms with van der Waals surface area (Å²) in [5.74, 6) is 2.19. The van der Waals surface area contributed by atoms with E-state index in [9.17, 15) is 4.39 Å². The van der Waals surface area contributed by atoms with E-state index in [1.165, 1.54) is 12.1 Å². The van der Waals surface area contributed by atoms with Crippen LogP contribution in [0.5, 0.6) is 0 Å². The Bertz CT molecular complexity index is 258. The maximum atomic E-state index is 12.3. The lowest BCUT2D eigenvalue weighted by Crippen LogP contribution is -1.97. The van der Waals surface area contributed by atoms with E-state index in [2.05, 4.69) is 11.2 Å². The average Bonchev–Trinajstić information content (AvgIpc) is 2.04. The van der Waals surface area contributed by atoms with E-state index in [1.807, 2.05) is 0 Å². The fourth-order valence-corrected chi connectivity index (χ4v) is 0.721. The van der Waals surface area contributed by atoms with Gasteiger partial charge in [0.1, 0.15) is 5.82 Å². The third kappa shape index (κ3) is 2.30. The molecule has 1 aromatic carbocycles. The first-order valence-electron chi connectivity index (χ1n) is 3.26. The molecule has 1 nitrogen and oxygen atoms in total. The van der Waals surface area contributed by atoms with Crippen LogP contribution in [0.15, 0.2) is 24.3 Å². The molecule has 0 atom stereocenters. The molecular weight excluding hydrogens is 141 g/mol. The summed E-state index contributed by atoms with van der Waals surface area (Å²) in [5.41, 5.74) is 0.837. The van der Waals surface area contributed by atoms with Gasteiger partial charge >= 0.3 is 0 Å². The van der Waals surface area contributed by atoms with Crippen molar-refractivity contribution in [1.29, 1.82) is 0 Å². The predicted octanol–water partition coefficient (Wildman–Crippen LogP) is 1.87. The lowest BCUT2D eigenvalue weighted by atomic mass is 10.3. The van der Waals surface area contributed by atoms with E-state index in [0.717, 1.165) is 5.69 Å². The van der Waals surface area contributed by atoms with Crippen molar-refractivity contribution in [2.45, 2.75) is 0 Å². The van der Waals surface area contributed by atoms with Gasteiger partial charge in [-0.2, -0.15) is 0 Å². The number of hydrogen-bond donors (Lipinski definition) is 1. The lowest BCUT2D eigenvalue weighted by molar-refractivity contribution is 0.628. The number of rotatable bonds is 2. The average molecular weight is 149 g/mol. The van der Waals surface area contributed by atoms with Crippen LogP contribution in [0.25, 0.3) is 0 Å². The molecule has 0 saturated heterocycles. The molecule has 0 radical (unpaired) electrons. The summed E-state index contributed by atoms with van der Waals surface area (Å²) in [4.78, 5) is 0. The Morgan fingerprint density at radius 2 is 2.00 bits per heavy atom. The molecule has 0 amide bonds. The van der Waals surface area contributed by atoms with Crippen LogP contribution in [-0.2, 0) is 0 Å². The number of halogens is 1. The zero-order chi connectivity index (χ0) is 8.10. The van der Waals surface area contributed by atoms with Crippen molar-refractivity contribution < 1.29 is 4.39 Å². The van der Waals surface area contributed by atoms with Crippen LogP contribution in [0.1, 0.15) is 0 Å². The van der Waals surface area contributed by atoms with Crippen LogP contribution in [-0.4, -0.2) is 6.54 Å². The Kier molecular flexibility index (Phi) is 2.51. The molecule has 11 heavy (non-hydrogen) atoms.